The third-order valence-electron chi connectivity index (χ3n) is 2.42. The van der Waals surface area contributed by atoms with Crippen molar-refractivity contribution in [2.75, 3.05) is 12.8 Å². The van der Waals surface area contributed by atoms with Gasteiger partial charge in [-0.15, -0.1) is 11.8 Å². The van der Waals surface area contributed by atoms with Crippen molar-refractivity contribution in [3.05, 3.63) is 28.7 Å². The first-order chi connectivity index (χ1) is 7.13. The average molecular weight is 288 g/mol. The van der Waals surface area contributed by atoms with Gasteiger partial charge in [0.1, 0.15) is 0 Å². The summed E-state index contributed by atoms with van der Waals surface area (Å²) in [6.07, 6.45) is 0. The number of thioether (sulfide) groups is 1. The highest BCUT2D eigenvalue weighted by Gasteiger charge is 2.10. The van der Waals surface area contributed by atoms with E-state index >= 15 is 0 Å². The molecule has 0 saturated carbocycles. The molecule has 3 heteroatoms. The summed E-state index contributed by atoms with van der Waals surface area (Å²) in [5, 5.41) is 3.35. The van der Waals surface area contributed by atoms with Crippen molar-refractivity contribution in [2.45, 2.75) is 24.8 Å². The number of nitrogens with one attached hydrogen (secondary N) is 1. The Labute approximate surface area is 105 Å². The van der Waals surface area contributed by atoms with Crippen LogP contribution in [-0.2, 0) is 0 Å². The molecule has 0 spiro atoms. The van der Waals surface area contributed by atoms with Gasteiger partial charge in [0.25, 0.3) is 0 Å². The minimum absolute atomic E-state index is 0.582. The van der Waals surface area contributed by atoms with Gasteiger partial charge >= 0.3 is 0 Å². The second-order valence-electron chi connectivity index (χ2n) is 3.90. The normalized spacial score (nSPS) is 13.1. The first-order valence-corrected chi connectivity index (χ1v) is 6.97. The van der Waals surface area contributed by atoms with E-state index in [-0.39, 0.29) is 0 Å². The van der Waals surface area contributed by atoms with Gasteiger partial charge < -0.3 is 5.32 Å². The van der Waals surface area contributed by atoms with Crippen molar-refractivity contribution < 1.29 is 0 Å². The Hall–Kier alpha value is 0.01000. The van der Waals surface area contributed by atoms with E-state index in [4.69, 9.17) is 0 Å². The van der Waals surface area contributed by atoms with E-state index in [2.05, 4.69) is 59.4 Å². The van der Waals surface area contributed by atoms with Crippen LogP contribution in [-0.4, -0.2) is 18.8 Å². The molecule has 0 radical (unpaired) electrons. The van der Waals surface area contributed by atoms with Crippen molar-refractivity contribution in [3.8, 4) is 0 Å². The Bertz CT molecular complexity index is 284. The Balaban J connectivity index is 2.45. The maximum Gasteiger partial charge on any atom is 0.0181 e. The SMILES string of the molecule is CNC(CSc1ccc(Br)cc1)C(C)C. The van der Waals surface area contributed by atoms with E-state index in [1.807, 2.05) is 18.8 Å². The molecule has 0 amide bonds. The second kappa shape index (κ2) is 6.56. The van der Waals surface area contributed by atoms with E-state index in [0.29, 0.717) is 12.0 Å². The molecule has 15 heavy (non-hydrogen) atoms. The molecule has 0 aliphatic rings. The fourth-order valence-corrected chi connectivity index (χ4v) is 2.84. The van der Waals surface area contributed by atoms with Crippen LogP contribution in [0, 0.1) is 5.92 Å². The monoisotopic (exact) mass is 287 g/mol. The van der Waals surface area contributed by atoms with Crippen LogP contribution in [0.15, 0.2) is 33.6 Å². The molecule has 84 valence electrons. The second-order valence-corrected chi connectivity index (χ2v) is 5.91. The van der Waals surface area contributed by atoms with Crippen LogP contribution in [0.4, 0.5) is 0 Å². The van der Waals surface area contributed by atoms with E-state index in [1.54, 1.807) is 0 Å². The Morgan fingerprint density at radius 2 is 1.87 bits per heavy atom. The summed E-state index contributed by atoms with van der Waals surface area (Å²) in [5.41, 5.74) is 0. The summed E-state index contributed by atoms with van der Waals surface area (Å²) in [6, 6.07) is 9.07. The summed E-state index contributed by atoms with van der Waals surface area (Å²) < 4.78 is 1.14. The topological polar surface area (TPSA) is 12.0 Å². The van der Waals surface area contributed by atoms with E-state index in [9.17, 15) is 0 Å². The lowest BCUT2D eigenvalue weighted by molar-refractivity contribution is 0.465. The summed E-state index contributed by atoms with van der Waals surface area (Å²) in [4.78, 5) is 1.33. The molecule has 0 heterocycles. The maximum atomic E-state index is 3.44. The zero-order valence-corrected chi connectivity index (χ0v) is 11.9. The molecular weight excluding hydrogens is 270 g/mol. The zero-order chi connectivity index (χ0) is 11.3. The average Bonchev–Trinajstić information content (AvgIpc) is 2.21. The van der Waals surface area contributed by atoms with Gasteiger partial charge in [0, 0.05) is 21.2 Å². The summed E-state index contributed by atoms with van der Waals surface area (Å²) >= 11 is 5.35. The maximum absolute atomic E-state index is 3.44. The first kappa shape index (κ1) is 13.1. The molecule has 0 aliphatic heterocycles. The van der Waals surface area contributed by atoms with Crippen LogP contribution in [0.2, 0.25) is 0 Å². The van der Waals surface area contributed by atoms with Gasteiger partial charge in [-0.05, 0) is 37.2 Å². The van der Waals surface area contributed by atoms with Gasteiger partial charge in [0.2, 0.25) is 0 Å². The van der Waals surface area contributed by atoms with E-state index in [0.717, 1.165) is 10.2 Å². The summed E-state index contributed by atoms with van der Waals surface area (Å²) in [7, 11) is 2.03. The minimum Gasteiger partial charge on any atom is -0.316 e. The lowest BCUT2D eigenvalue weighted by atomic mass is 10.1. The van der Waals surface area contributed by atoms with Gasteiger partial charge in [-0.2, -0.15) is 0 Å². The van der Waals surface area contributed by atoms with Crippen molar-refractivity contribution >= 4 is 27.7 Å². The van der Waals surface area contributed by atoms with E-state index in [1.165, 1.54) is 4.90 Å². The van der Waals surface area contributed by atoms with Gasteiger partial charge in [-0.1, -0.05) is 29.8 Å². The van der Waals surface area contributed by atoms with Crippen LogP contribution in [0.25, 0.3) is 0 Å². The third-order valence-corrected chi connectivity index (χ3v) is 4.08. The predicted molar refractivity (Wildman–Crippen MR) is 72.6 cm³/mol. The Kier molecular flexibility index (Phi) is 5.72. The molecule has 1 aromatic carbocycles. The lowest BCUT2D eigenvalue weighted by Crippen LogP contribution is -2.32. The highest BCUT2D eigenvalue weighted by atomic mass is 79.9. The summed E-state index contributed by atoms with van der Waals surface area (Å²) in [6.45, 7) is 4.51. The molecule has 1 atom stereocenters. The molecule has 0 fully saturated rings. The quantitative estimate of drug-likeness (QED) is 0.827. The standard InChI is InChI=1S/C12H18BrNS/c1-9(2)12(14-3)8-15-11-6-4-10(13)5-7-11/h4-7,9,12,14H,8H2,1-3H3. The largest absolute Gasteiger partial charge is 0.316 e. The van der Waals surface area contributed by atoms with Crippen molar-refractivity contribution in [1.82, 2.24) is 5.32 Å². The minimum atomic E-state index is 0.582. The number of hydrogen-bond acceptors (Lipinski definition) is 2. The molecule has 1 nitrogen and oxygen atoms in total. The van der Waals surface area contributed by atoms with Crippen molar-refractivity contribution in [1.29, 1.82) is 0 Å². The molecule has 0 bridgehead atoms. The number of rotatable bonds is 5. The van der Waals surface area contributed by atoms with Gasteiger partial charge in [-0.25, -0.2) is 0 Å². The highest BCUT2D eigenvalue weighted by Crippen LogP contribution is 2.22. The van der Waals surface area contributed by atoms with Crippen LogP contribution < -0.4 is 5.32 Å². The Morgan fingerprint density at radius 1 is 1.27 bits per heavy atom. The fourth-order valence-electron chi connectivity index (χ4n) is 1.33. The Morgan fingerprint density at radius 3 is 2.33 bits per heavy atom. The first-order valence-electron chi connectivity index (χ1n) is 5.19. The molecule has 1 aromatic rings. The van der Waals surface area contributed by atoms with Gasteiger partial charge in [-0.3, -0.25) is 0 Å². The molecule has 0 aromatic heterocycles. The molecule has 0 aliphatic carbocycles. The smallest absolute Gasteiger partial charge is 0.0181 e. The summed E-state index contributed by atoms with van der Waals surface area (Å²) in [5.74, 6) is 1.80. The molecule has 1 unspecified atom stereocenters. The van der Waals surface area contributed by atoms with Gasteiger partial charge in [0.15, 0.2) is 0 Å². The third kappa shape index (κ3) is 4.58. The van der Waals surface area contributed by atoms with Crippen LogP contribution in [0.5, 0.6) is 0 Å². The lowest BCUT2D eigenvalue weighted by Gasteiger charge is -2.19. The fraction of sp³-hybridized carbons (Fsp3) is 0.500. The van der Waals surface area contributed by atoms with Crippen molar-refractivity contribution in [2.24, 2.45) is 5.92 Å². The number of halogens is 1. The number of hydrogen-bond donors (Lipinski definition) is 1. The van der Waals surface area contributed by atoms with Crippen LogP contribution in [0.3, 0.4) is 0 Å². The zero-order valence-electron chi connectivity index (χ0n) is 9.46. The van der Waals surface area contributed by atoms with E-state index < -0.39 is 0 Å². The van der Waals surface area contributed by atoms with Crippen LogP contribution in [0.1, 0.15) is 13.8 Å². The van der Waals surface area contributed by atoms with Crippen LogP contribution >= 0.6 is 27.7 Å². The molecular formula is C12H18BrNS. The molecule has 1 N–H and O–H groups in total. The molecule has 0 saturated heterocycles. The number of benzene rings is 1. The predicted octanol–water partition coefficient (Wildman–Crippen LogP) is 3.79. The van der Waals surface area contributed by atoms with Crippen molar-refractivity contribution in [3.63, 3.8) is 0 Å². The van der Waals surface area contributed by atoms with Gasteiger partial charge in [0.05, 0.1) is 0 Å². The molecule has 1 rings (SSSR count). The highest BCUT2D eigenvalue weighted by molar-refractivity contribution is 9.10.